The van der Waals surface area contributed by atoms with Crippen LogP contribution in [0.2, 0.25) is 0 Å². The molecule has 0 fully saturated rings. The number of hydrogen-bond donors (Lipinski definition) is 2. The van der Waals surface area contributed by atoms with Crippen LogP contribution >= 0.6 is 0 Å². The number of para-hydroxylation sites is 1. The Morgan fingerprint density at radius 2 is 1.70 bits per heavy atom. The largest absolute Gasteiger partial charge is 0.352 e. The molecule has 0 aliphatic heterocycles. The topological polar surface area (TPSA) is 95.6 Å². The lowest BCUT2D eigenvalue weighted by Gasteiger charge is -2.20. The van der Waals surface area contributed by atoms with E-state index in [1.807, 2.05) is 13.8 Å². The monoisotopic (exact) mass is 435 g/mol. The van der Waals surface area contributed by atoms with Gasteiger partial charge in [-0.05, 0) is 24.1 Å². The van der Waals surface area contributed by atoms with E-state index in [-0.39, 0.29) is 35.2 Å². The quantitative estimate of drug-likeness (QED) is 0.633. The van der Waals surface area contributed by atoms with Crippen LogP contribution in [-0.2, 0) is 21.4 Å². The van der Waals surface area contributed by atoms with Gasteiger partial charge in [-0.3, -0.25) is 9.59 Å². The second kappa shape index (κ2) is 10.3. The van der Waals surface area contributed by atoms with Crippen molar-refractivity contribution in [3.8, 4) is 0 Å². The first-order chi connectivity index (χ1) is 14.1. The van der Waals surface area contributed by atoms with Crippen molar-refractivity contribution in [2.24, 2.45) is 5.92 Å². The smallest absolute Gasteiger partial charge is 0.253 e. The number of carbonyl (C=O) groups excluding carboxylic acids is 2. The number of nitrogens with zero attached hydrogens (tertiary/aromatic N) is 1. The standard InChI is InChI=1S/C21H26FN3O4S/c1-15(2)12-23-21(27)17-9-5-7-11-19(17)24-20(26)14-25(30(3,28)29)13-16-8-4-6-10-18(16)22/h4-11,15H,12-14H2,1-3H3,(H,23,27)(H,24,26). The molecule has 0 aliphatic carbocycles. The van der Waals surface area contributed by atoms with E-state index < -0.39 is 28.3 Å². The highest BCUT2D eigenvalue weighted by Gasteiger charge is 2.23. The lowest BCUT2D eigenvalue weighted by atomic mass is 10.1. The van der Waals surface area contributed by atoms with Crippen LogP contribution in [0.3, 0.4) is 0 Å². The number of anilines is 1. The van der Waals surface area contributed by atoms with Crippen LogP contribution in [0.5, 0.6) is 0 Å². The third-order valence-electron chi connectivity index (χ3n) is 4.21. The summed E-state index contributed by atoms with van der Waals surface area (Å²) in [6, 6.07) is 12.2. The molecule has 162 valence electrons. The molecule has 0 radical (unpaired) electrons. The molecule has 0 heterocycles. The Bertz CT molecular complexity index is 1010. The summed E-state index contributed by atoms with van der Waals surface area (Å²) in [7, 11) is -3.79. The molecule has 30 heavy (non-hydrogen) atoms. The zero-order valence-electron chi connectivity index (χ0n) is 17.2. The number of halogens is 1. The summed E-state index contributed by atoms with van der Waals surface area (Å²) in [6.45, 7) is 3.60. The highest BCUT2D eigenvalue weighted by Crippen LogP contribution is 2.16. The maximum atomic E-state index is 13.9. The summed E-state index contributed by atoms with van der Waals surface area (Å²) in [5.74, 6) is -1.28. The van der Waals surface area contributed by atoms with Crippen molar-refractivity contribution in [1.82, 2.24) is 9.62 Å². The number of benzene rings is 2. The van der Waals surface area contributed by atoms with Crippen molar-refractivity contribution in [2.45, 2.75) is 20.4 Å². The summed E-state index contributed by atoms with van der Waals surface area (Å²) in [5, 5.41) is 5.36. The van der Waals surface area contributed by atoms with Crippen LogP contribution in [0.25, 0.3) is 0 Å². The normalized spacial score (nSPS) is 11.5. The van der Waals surface area contributed by atoms with E-state index in [0.717, 1.165) is 10.6 Å². The Labute approximate surface area is 176 Å². The van der Waals surface area contributed by atoms with Crippen molar-refractivity contribution in [2.75, 3.05) is 24.7 Å². The molecule has 2 amide bonds. The predicted octanol–water partition coefficient (Wildman–Crippen LogP) is 2.61. The van der Waals surface area contributed by atoms with Gasteiger partial charge in [0.15, 0.2) is 0 Å². The molecule has 9 heteroatoms. The molecule has 0 saturated heterocycles. The molecule has 0 spiro atoms. The van der Waals surface area contributed by atoms with Gasteiger partial charge < -0.3 is 10.6 Å². The van der Waals surface area contributed by atoms with Crippen molar-refractivity contribution in [3.05, 3.63) is 65.5 Å². The zero-order valence-corrected chi connectivity index (χ0v) is 18.0. The van der Waals surface area contributed by atoms with Crippen LogP contribution in [0.4, 0.5) is 10.1 Å². The second-order valence-corrected chi connectivity index (χ2v) is 9.30. The van der Waals surface area contributed by atoms with E-state index in [0.29, 0.717) is 6.54 Å². The highest BCUT2D eigenvalue weighted by molar-refractivity contribution is 7.88. The summed E-state index contributed by atoms with van der Waals surface area (Å²) < 4.78 is 39.0. The molecule has 0 aromatic heterocycles. The van der Waals surface area contributed by atoms with Gasteiger partial charge in [0.25, 0.3) is 5.91 Å². The molecule has 0 bridgehead atoms. The van der Waals surface area contributed by atoms with E-state index in [9.17, 15) is 22.4 Å². The van der Waals surface area contributed by atoms with Gasteiger partial charge >= 0.3 is 0 Å². The van der Waals surface area contributed by atoms with Crippen LogP contribution in [0.1, 0.15) is 29.8 Å². The lowest BCUT2D eigenvalue weighted by Crippen LogP contribution is -2.37. The van der Waals surface area contributed by atoms with Crippen molar-refractivity contribution in [1.29, 1.82) is 0 Å². The molecule has 2 aromatic rings. The minimum absolute atomic E-state index is 0.157. The molecule has 2 N–H and O–H groups in total. The van der Waals surface area contributed by atoms with Gasteiger partial charge in [-0.15, -0.1) is 0 Å². The van der Waals surface area contributed by atoms with Gasteiger partial charge in [0.1, 0.15) is 5.82 Å². The van der Waals surface area contributed by atoms with E-state index in [1.165, 1.54) is 18.2 Å². The van der Waals surface area contributed by atoms with Crippen LogP contribution < -0.4 is 10.6 Å². The third-order valence-corrected chi connectivity index (χ3v) is 5.41. The van der Waals surface area contributed by atoms with Crippen LogP contribution in [-0.4, -0.2) is 43.9 Å². The SMILES string of the molecule is CC(C)CNC(=O)c1ccccc1NC(=O)CN(Cc1ccccc1F)S(C)(=O)=O. The number of hydrogen-bond acceptors (Lipinski definition) is 4. The van der Waals surface area contributed by atoms with Gasteiger partial charge in [-0.1, -0.05) is 44.2 Å². The molecule has 0 aliphatic rings. The summed E-state index contributed by atoms with van der Waals surface area (Å²) in [4.78, 5) is 24.9. The summed E-state index contributed by atoms with van der Waals surface area (Å²) in [5.41, 5.74) is 0.693. The molecular weight excluding hydrogens is 409 g/mol. The average molecular weight is 436 g/mol. The van der Waals surface area contributed by atoms with Gasteiger partial charge in [-0.2, -0.15) is 4.31 Å². The molecule has 0 atom stereocenters. The fourth-order valence-electron chi connectivity index (χ4n) is 2.64. The number of nitrogens with one attached hydrogen (secondary N) is 2. The van der Waals surface area contributed by atoms with Crippen molar-refractivity contribution in [3.63, 3.8) is 0 Å². The van der Waals surface area contributed by atoms with Gasteiger partial charge in [0.05, 0.1) is 24.1 Å². The van der Waals surface area contributed by atoms with E-state index in [2.05, 4.69) is 10.6 Å². The molecule has 0 unspecified atom stereocenters. The van der Waals surface area contributed by atoms with Gasteiger partial charge in [0.2, 0.25) is 15.9 Å². The van der Waals surface area contributed by atoms with E-state index >= 15 is 0 Å². The number of amides is 2. The maximum Gasteiger partial charge on any atom is 0.253 e. The average Bonchev–Trinajstić information content (AvgIpc) is 2.67. The Morgan fingerprint density at radius 1 is 1.07 bits per heavy atom. The Kier molecular flexibility index (Phi) is 8.08. The predicted molar refractivity (Wildman–Crippen MR) is 114 cm³/mol. The lowest BCUT2D eigenvalue weighted by molar-refractivity contribution is -0.116. The summed E-state index contributed by atoms with van der Waals surface area (Å²) in [6.07, 6.45) is 0.953. The molecule has 2 aromatic carbocycles. The first-order valence-corrected chi connectivity index (χ1v) is 11.3. The second-order valence-electron chi connectivity index (χ2n) is 7.32. The highest BCUT2D eigenvalue weighted by atomic mass is 32.2. The molecular formula is C21H26FN3O4S. The Balaban J connectivity index is 2.15. The first-order valence-electron chi connectivity index (χ1n) is 9.43. The van der Waals surface area contributed by atoms with Gasteiger partial charge in [-0.25, -0.2) is 12.8 Å². The van der Waals surface area contributed by atoms with Crippen molar-refractivity contribution < 1.29 is 22.4 Å². The Morgan fingerprint density at radius 3 is 2.33 bits per heavy atom. The maximum absolute atomic E-state index is 13.9. The summed E-state index contributed by atoms with van der Waals surface area (Å²) >= 11 is 0. The zero-order chi connectivity index (χ0) is 22.3. The van der Waals surface area contributed by atoms with Gasteiger partial charge in [0, 0.05) is 18.7 Å². The minimum Gasteiger partial charge on any atom is -0.352 e. The first kappa shape index (κ1) is 23.5. The molecule has 7 nitrogen and oxygen atoms in total. The number of carbonyl (C=O) groups is 2. The fourth-order valence-corrected chi connectivity index (χ4v) is 3.36. The minimum atomic E-state index is -3.79. The third kappa shape index (κ3) is 6.93. The Hall–Kier alpha value is -2.78. The van der Waals surface area contributed by atoms with Crippen molar-refractivity contribution >= 4 is 27.5 Å². The fraction of sp³-hybridized carbons (Fsp3) is 0.333. The van der Waals surface area contributed by atoms with Crippen LogP contribution in [0.15, 0.2) is 48.5 Å². The molecule has 2 rings (SSSR count). The van der Waals surface area contributed by atoms with E-state index in [4.69, 9.17) is 0 Å². The van der Waals surface area contributed by atoms with E-state index in [1.54, 1.807) is 30.3 Å². The molecule has 0 saturated carbocycles. The number of sulfonamides is 1. The van der Waals surface area contributed by atoms with Crippen LogP contribution in [0, 0.1) is 11.7 Å². The number of rotatable bonds is 9.